The summed E-state index contributed by atoms with van der Waals surface area (Å²) in [6.45, 7) is 1.99. The number of rotatable bonds is 10. The van der Waals surface area contributed by atoms with Gasteiger partial charge in [-0.2, -0.15) is 0 Å². The molecule has 3 heterocycles. The van der Waals surface area contributed by atoms with Crippen molar-refractivity contribution in [3.8, 4) is 45.4 Å². The Morgan fingerprint density at radius 1 is 0.821 bits per heavy atom. The molecule has 3 aromatic heterocycles. The molecule has 5 rings (SSSR count). The van der Waals surface area contributed by atoms with Crippen molar-refractivity contribution in [1.82, 2.24) is 24.8 Å². The molecule has 5 aromatic rings. The van der Waals surface area contributed by atoms with Crippen LogP contribution in [0.15, 0.2) is 97.5 Å². The molecule has 2 N–H and O–H groups in total. The summed E-state index contributed by atoms with van der Waals surface area (Å²) in [5.41, 5.74) is 5.20. The van der Waals surface area contributed by atoms with Gasteiger partial charge in [-0.3, -0.25) is 9.97 Å². The third-order valence-corrected chi connectivity index (χ3v) is 6.03. The summed E-state index contributed by atoms with van der Waals surface area (Å²) in [7, 11) is 4.05. The van der Waals surface area contributed by atoms with Crippen LogP contribution < -0.4 is 10.1 Å². The first-order chi connectivity index (χ1) is 19.0. The van der Waals surface area contributed by atoms with Gasteiger partial charge in [-0.1, -0.05) is 30.3 Å². The van der Waals surface area contributed by atoms with Gasteiger partial charge in [-0.15, -0.1) is 0 Å². The summed E-state index contributed by atoms with van der Waals surface area (Å²) in [5, 5.41) is 13.2. The number of nitrogens with one attached hydrogen (secondary N) is 1. The van der Waals surface area contributed by atoms with Crippen LogP contribution in [0, 0.1) is 0 Å². The van der Waals surface area contributed by atoms with E-state index in [0.29, 0.717) is 30.5 Å². The van der Waals surface area contributed by atoms with Gasteiger partial charge in [0, 0.05) is 48.9 Å². The van der Waals surface area contributed by atoms with E-state index in [1.54, 1.807) is 24.5 Å². The number of benzene rings is 2. The Morgan fingerprint density at radius 3 is 2.44 bits per heavy atom. The molecule has 0 fully saturated rings. The maximum atomic E-state index is 9.81. The van der Waals surface area contributed by atoms with Crippen LogP contribution in [0.4, 0.5) is 5.82 Å². The number of ether oxygens (including phenoxy) is 1. The molecule has 0 aliphatic heterocycles. The molecule has 0 spiro atoms. The van der Waals surface area contributed by atoms with Gasteiger partial charge in [0.15, 0.2) is 5.82 Å². The second-order valence-corrected chi connectivity index (χ2v) is 9.34. The molecule has 8 heteroatoms. The van der Waals surface area contributed by atoms with Crippen molar-refractivity contribution in [3.05, 3.63) is 103 Å². The molecule has 0 saturated carbocycles. The molecule has 0 aliphatic carbocycles. The second-order valence-electron chi connectivity index (χ2n) is 9.34. The normalized spacial score (nSPS) is 10.9. The molecule has 8 nitrogen and oxygen atoms in total. The lowest BCUT2D eigenvalue weighted by Gasteiger charge is -2.12. The summed E-state index contributed by atoms with van der Waals surface area (Å²) < 4.78 is 5.83. The molecule has 0 bridgehead atoms. The number of aromatic hydroxyl groups is 1. The average Bonchev–Trinajstić information content (AvgIpc) is 2.97. The Morgan fingerprint density at radius 2 is 1.67 bits per heavy atom. The fourth-order valence-corrected chi connectivity index (χ4v) is 3.98. The van der Waals surface area contributed by atoms with Crippen LogP contribution in [0.1, 0.15) is 5.56 Å². The molecule has 39 heavy (non-hydrogen) atoms. The van der Waals surface area contributed by atoms with Crippen molar-refractivity contribution < 1.29 is 9.84 Å². The highest BCUT2D eigenvalue weighted by atomic mass is 16.5. The van der Waals surface area contributed by atoms with Gasteiger partial charge >= 0.3 is 0 Å². The predicted molar refractivity (Wildman–Crippen MR) is 153 cm³/mol. The van der Waals surface area contributed by atoms with Crippen molar-refractivity contribution in [2.45, 2.75) is 6.54 Å². The van der Waals surface area contributed by atoms with E-state index in [2.05, 4.69) is 26.3 Å². The zero-order valence-electron chi connectivity index (χ0n) is 22.0. The Hall–Kier alpha value is -4.82. The fourth-order valence-electron chi connectivity index (χ4n) is 3.98. The molecular weight excluding hydrogens is 488 g/mol. The smallest absolute Gasteiger partial charge is 0.180 e. The summed E-state index contributed by atoms with van der Waals surface area (Å²) in [6, 6.07) is 24.8. The number of likely N-dealkylation sites (N-methyl/N-ethyl adjacent to an activating group) is 1. The Kier molecular flexibility index (Phi) is 8.04. The maximum absolute atomic E-state index is 9.81. The molecule has 0 radical (unpaired) electrons. The lowest BCUT2D eigenvalue weighted by Crippen LogP contribution is -2.19. The van der Waals surface area contributed by atoms with E-state index in [1.807, 2.05) is 81.0 Å². The van der Waals surface area contributed by atoms with Gasteiger partial charge in [0.2, 0.25) is 0 Å². The number of anilines is 1. The molecule has 0 atom stereocenters. The van der Waals surface area contributed by atoms with Gasteiger partial charge in [0.05, 0.1) is 5.69 Å². The van der Waals surface area contributed by atoms with Crippen LogP contribution in [-0.2, 0) is 6.54 Å². The number of phenols is 1. The summed E-state index contributed by atoms with van der Waals surface area (Å²) in [4.78, 5) is 20.6. The predicted octanol–water partition coefficient (Wildman–Crippen LogP) is 5.53. The van der Waals surface area contributed by atoms with Crippen molar-refractivity contribution in [2.24, 2.45) is 0 Å². The Balaban J connectivity index is 1.42. The van der Waals surface area contributed by atoms with E-state index < -0.39 is 0 Å². The number of aromatic nitrogens is 4. The van der Waals surface area contributed by atoms with E-state index in [0.717, 1.165) is 40.2 Å². The highest BCUT2D eigenvalue weighted by molar-refractivity contribution is 5.72. The molecule has 0 saturated heterocycles. The SMILES string of the molecule is CN(C)CCOc1ccc(-c2cncc(-c3cc(NCc4cccc(O)c4)nc(-c4ccccn4)n3)c2)cc1. The minimum Gasteiger partial charge on any atom is -0.508 e. The third kappa shape index (κ3) is 6.94. The van der Waals surface area contributed by atoms with Crippen LogP contribution in [0.2, 0.25) is 0 Å². The topological polar surface area (TPSA) is 96.3 Å². The largest absolute Gasteiger partial charge is 0.508 e. The summed E-state index contributed by atoms with van der Waals surface area (Å²) >= 11 is 0. The van der Waals surface area contributed by atoms with E-state index >= 15 is 0 Å². The molecule has 0 unspecified atom stereocenters. The molecular formula is C31H30N6O2. The number of phenolic OH excluding ortho intramolecular Hbond substituents is 1. The number of hydrogen-bond donors (Lipinski definition) is 2. The minimum atomic E-state index is 0.225. The standard InChI is InChI=1S/C31H30N6O2/c1-37(2)14-15-39-27-11-9-23(10-12-27)24-17-25(21-32-20-24)29-18-30(34-19-22-6-5-7-26(38)16-22)36-31(35-29)28-8-3-4-13-33-28/h3-13,16-18,20-21,38H,14-15,19H2,1-2H3,(H,34,35,36). The van der Waals surface area contributed by atoms with E-state index in [4.69, 9.17) is 14.7 Å². The molecule has 2 aromatic carbocycles. The van der Waals surface area contributed by atoms with Crippen molar-refractivity contribution in [1.29, 1.82) is 0 Å². The van der Waals surface area contributed by atoms with Crippen molar-refractivity contribution in [2.75, 3.05) is 32.6 Å². The number of pyridine rings is 2. The zero-order valence-corrected chi connectivity index (χ0v) is 22.0. The fraction of sp³-hybridized carbons (Fsp3) is 0.161. The van der Waals surface area contributed by atoms with E-state index in [1.165, 1.54) is 0 Å². The molecule has 0 aliphatic rings. The second kappa shape index (κ2) is 12.1. The van der Waals surface area contributed by atoms with E-state index in [9.17, 15) is 5.11 Å². The highest BCUT2D eigenvalue weighted by Crippen LogP contribution is 2.28. The first-order valence-electron chi connectivity index (χ1n) is 12.7. The van der Waals surface area contributed by atoms with Crippen LogP contribution in [0.25, 0.3) is 33.9 Å². The quantitative estimate of drug-likeness (QED) is 0.249. The highest BCUT2D eigenvalue weighted by Gasteiger charge is 2.12. The van der Waals surface area contributed by atoms with Crippen molar-refractivity contribution >= 4 is 5.82 Å². The van der Waals surface area contributed by atoms with Gasteiger partial charge in [-0.25, -0.2) is 9.97 Å². The average molecular weight is 519 g/mol. The maximum Gasteiger partial charge on any atom is 0.180 e. The van der Waals surface area contributed by atoms with Crippen LogP contribution >= 0.6 is 0 Å². The van der Waals surface area contributed by atoms with Crippen LogP contribution in [-0.4, -0.2) is 57.2 Å². The number of hydrogen-bond acceptors (Lipinski definition) is 8. The van der Waals surface area contributed by atoms with Gasteiger partial charge in [-0.05, 0) is 67.7 Å². The lowest BCUT2D eigenvalue weighted by molar-refractivity contribution is 0.261. The lowest BCUT2D eigenvalue weighted by atomic mass is 10.0. The van der Waals surface area contributed by atoms with Gasteiger partial charge in [0.1, 0.15) is 29.6 Å². The summed E-state index contributed by atoms with van der Waals surface area (Å²) in [6.07, 6.45) is 5.36. The third-order valence-electron chi connectivity index (χ3n) is 6.03. The minimum absolute atomic E-state index is 0.225. The molecule has 0 amide bonds. The van der Waals surface area contributed by atoms with Crippen LogP contribution in [0.3, 0.4) is 0 Å². The Bertz CT molecular complexity index is 1520. The Labute approximate surface area is 228 Å². The van der Waals surface area contributed by atoms with E-state index in [-0.39, 0.29) is 5.75 Å². The summed E-state index contributed by atoms with van der Waals surface area (Å²) in [5.74, 6) is 2.22. The first-order valence-corrected chi connectivity index (χ1v) is 12.7. The first kappa shape index (κ1) is 25.8. The molecule has 196 valence electrons. The van der Waals surface area contributed by atoms with Gasteiger partial charge in [0.25, 0.3) is 0 Å². The van der Waals surface area contributed by atoms with Crippen molar-refractivity contribution in [3.63, 3.8) is 0 Å². The van der Waals surface area contributed by atoms with Crippen LogP contribution in [0.5, 0.6) is 11.5 Å². The number of nitrogens with zero attached hydrogens (tertiary/aromatic N) is 5. The monoisotopic (exact) mass is 518 g/mol. The van der Waals surface area contributed by atoms with Gasteiger partial charge < -0.3 is 20.1 Å². The zero-order chi connectivity index (χ0) is 27.0.